The number of nitrogens with one attached hydrogen (secondary N) is 1. The van der Waals surface area contributed by atoms with Gasteiger partial charge in [0.25, 0.3) is 5.24 Å². The predicted molar refractivity (Wildman–Crippen MR) is 127 cm³/mol. The fourth-order valence-electron chi connectivity index (χ4n) is 4.10. The molecule has 1 saturated heterocycles. The van der Waals surface area contributed by atoms with E-state index in [-0.39, 0.29) is 27.3 Å². The molecule has 0 spiro atoms. The van der Waals surface area contributed by atoms with Crippen molar-refractivity contribution in [2.45, 2.75) is 57.8 Å². The first kappa shape index (κ1) is 26.5. The maximum absolute atomic E-state index is 11.7. The molecule has 2 aromatic rings. The van der Waals surface area contributed by atoms with Crippen LogP contribution in [0.1, 0.15) is 41.2 Å². The minimum atomic E-state index is -0.467. The van der Waals surface area contributed by atoms with E-state index in [1.54, 1.807) is 0 Å². The molecule has 2 amide bonds. The number of hydrogen-bond donors (Lipinski definition) is 2. The number of phenols is 1. The minimum absolute atomic E-state index is 0. The quantitative estimate of drug-likeness (QED) is 0.676. The molecular weight excluding hydrogens is 446 g/mol. The molecule has 0 aromatic heterocycles. The normalized spacial score (nSPS) is 21.3. The van der Waals surface area contributed by atoms with E-state index in [1.165, 1.54) is 0 Å². The second kappa shape index (κ2) is 10.0. The summed E-state index contributed by atoms with van der Waals surface area (Å²) in [6.45, 7) is 8.28. The van der Waals surface area contributed by atoms with Crippen molar-refractivity contribution in [3.8, 4) is 17.2 Å². The van der Waals surface area contributed by atoms with Crippen LogP contribution < -0.4 is 14.8 Å². The molecule has 0 aliphatic carbocycles. The number of carbonyl (C=O) groups is 2. The summed E-state index contributed by atoms with van der Waals surface area (Å²) in [6, 6.07) is 7.61. The van der Waals surface area contributed by atoms with Gasteiger partial charge in [0.05, 0.1) is 5.25 Å². The molecule has 33 heavy (non-hydrogen) atoms. The number of imide groups is 1. The van der Waals surface area contributed by atoms with Crippen molar-refractivity contribution in [2.24, 2.45) is 0 Å². The van der Waals surface area contributed by atoms with Gasteiger partial charge in [0.2, 0.25) is 5.91 Å². The van der Waals surface area contributed by atoms with Gasteiger partial charge in [-0.1, -0.05) is 23.9 Å². The number of benzene rings is 2. The molecule has 0 radical (unpaired) electrons. The molecular formula is C24H31NO7S. The summed E-state index contributed by atoms with van der Waals surface area (Å²) in [7, 11) is 0. The maximum Gasteiger partial charge on any atom is 0.286 e. The van der Waals surface area contributed by atoms with Gasteiger partial charge in [-0.2, -0.15) is 0 Å². The Morgan fingerprint density at radius 1 is 1.12 bits per heavy atom. The van der Waals surface area contributed by atoms with Gasteiger partial charge < -0.3 is 25.5 Å². The Balaban J connectivity index is 0.00000193. The first-order valence-electron chi connectivity index (χ1n) is 10.4. The van der Waals surface area contributed by atoms with Crippen molar-refractivity contribution in [3.05, 3.63) is 52.1 Å². The van der Waals surface area contributed by atoms with Crippen molar-refractivity contribution >= 4 is 22.9 Å². The number of phenolic OH excluding ortho intramolecular Hbond substituents is 1. The second-order valence-corrected chi connectivity index (χ2v) is 9.78. The smallest absolute Gasteiger partial charge is 0.286 e. The van der Waals surface area contributed by atoms with Gasteiger partial charge in [-0.3, -0.25) is 14.9 Å². The molecule has 8 nitrogen and oxygen atoms in total. The number of rotatable bonds is 5. The van der Waals surface area contributed by atoms with Crippen molar-refractivity contribution in [1.29, 1.82) is 0 Å². The highest BCUT2D eigenvalue weighted by atomic mass is 32.2. The third kappa shape index (κ3) is 5.26. The SMILES string of the molecule is Cc1c(C)c2c(c(C)c1O)CCC(C)(COc1ccc(CC3SC(=O)NC3=O)cc1)O2.O.O. The monoisotopic (exact) mass is 477 g/mol. The number of hydrogen-bond acceptors (Lipinski definition) is 6. The van der Waals surface area contributed by atoms with Crippen molar-refractivity contribution in [2.75, 3.05) is 6.61 Å². The molecule has 2 aromatic carbocycles. The third-order valence-corrected chi connectivity index (χ3v) is 7.23. The van der Waals surface area contributed by atoms with E-state index < -0.39 is 5.60 Å². The van der Waals surface area contributed by atoms with Crippen LogP contribution in [0, 0.1) is 20.8 Å². The number of carbonyl (C=O) groups excluding carboxylic acids is 2. The van der Waals surface area contributed by atoms with Gasteiger partial charge in [0.15, 0.2) is 0 Å². The molecule has 6 N–H and O–H groups in total. The molecule has 2 heterocycles. The summed E-state index contributed by atoms with van der Waals surface area (Å²) in [5.74, 6) is 1.72. The predicted octanol–water partition coefficient (Wildman–Crippen LogP) is 2.72. The summed E-state index contributed by atoms with van der Waals surface area (Å²) in [5, 5.41) is 12.0. The van der Waals surface area contributed by atoms with E-state index in [2.05, 4.69) is 5.32 Å². The van der Waals surface area contributed by atoms with Crippen LogP contribution in [-0.4, -0.2) is 44.7 Å². The lowest BCUT2D eigenvalue weighted by atomic mass is 9.87. The molecule has 2 aliphatic rings. The van der Waals surface area contributed by atoms with Crippen molar-refractivity contribution in [3.63, 3.8) is 0 Å². The van der Waals surface area contributed by atoms with Crippen LogP contribution in [0.4, 0.5) is 4.79 Å². The Morgan fingerprint density at radius 3 is 2.39 bits per heavy atom. The number of aromatic hydroxyl groups is 1. The van der Waals surface area contributed by atoms with E-state index >= 15 is 0 Å². The lowest BCUT2D eigenvalue weighted by molar-refractivity contribution is -0.118. The van der Waals surface area contributed by atoms with Gasteiger partial charge in [-0.05, 0) is 81.3 Å². The molecule has 0 saturated carbocycles. The average Bonchev–Trinajstić information content (AvgIpc) is 3.06. The Bertz CT molecular complexity index is 1050. The molecule has 0 bridgehead atoms. The maximum atomic E-state index is 11.7. The molecule has 9 heteroatoms. The van der Waals surface area contributed by atoms with E-state index in [1.807, 2.05) is 52.0 Å². The first-order valence-corrected chi connectivity index (χ1v) is 11.3. The number of amides is 2. The van der Waals surface area contributed by atoms with Gasteiger partial charge in [0, 0.05) is 5.56 Å². The molecule has 2 aliphatic heterocycles. The minimum Gasteiger partial charge on any atom is -0.507 e. The largest absolute Gasteiger partial charge is 0.507 e. The van der Waals surface area contributed by atoms with Crippen LogP contribution in [0.3, 0.4) is 0 Å². The highest BCUT2D eigenvalue weighted by molar-refractivity contribution is 8.15. The summed E-state index contributed by atoms with van der Waals surface area (Å²) in [6.07, 6.45) is 2.13. The van der Waals surface area contributed by atoms with Gasteiger partial charge in [-0.15, -0.1) is 0 Å². The zero-order chi connectivity index (χ0) is 22.3. The summed E-state index contributed by atoms with van der Waals surface area (Å²) >= 11 is 1.04. The second-order valence-electron chi connectivity index (χ2n) is 8.60. The molecule has 2 atom stereocenters. The van der Waals surface area contributed by atoms with Crippen LogP contribution >= 0.6 is 11.8 Å². The summed E-state index contributed by atoms with van der Waals surface area (Å²) in [5.41, 5.74) is 4.31. The van der Waals surface area contributed by atoms with Crippen LogP contribution in [0.2, 0.25) is 0 Å². The number of ether oxygens (including phenoxy) is 2. The van der Waals surface area contributed by atoms with E-state index in [0.717, 1.165) is 63.9 Å². The Kier molecular flexibility index (Phi) is 8.05. The van der Waals surface area contributed by atoms with Gasteiger partial charge in [0.1, 0.15) is 29.5 Å². The zero-order valence-electron chi connectivity index (χ0n) is 19.2. The van der Waals surface area contributed by atoms with E-state index in [0.29, 0.717) is 18.8 Å². The van der Waals surface area contributed by atoms with Crippen LogP contribution in [0.25, 0.3) is 0 Å². The van der Waals surface area contributed by atoms with Crippen LogP contribution in [-0.2, 0) is 17.6 Å². The molecule has 2 unspecified atom stereocenters. The van der Waals surface area contributed by atoms with Crippen LogP contribution in [0.5, 0.6) is 17.2 Å². The Morgan fingerprint density at radius 2 is 1.79 bits per heavy atom. The lowest BCUT2D eigenvalue weighted by Gasteiger charge is -2.37. The third-order valence-electron chi connectivity index (χ3n) is 6.25. The number of fused-ring (bicyclic) bond motifs is 1. The van der Waals surface area contributed by atoms with E-state index in [4.69, 9.17) is 9.47 Å². The van der Waals surface area contributed by atoms with Gasteiger partial charge >= 0.3 is 0 Å². The topological polar surface area (TPSA) is 148 Å². The highest BCUT2D eigenvalue weighted by Crippen LogP contribution is 2.43. The molecule has 4 rings (SSSR count). The average molecular weight is 478 g/mol. The summed E-state index contributed by atoms with van der Waals surface area (Å²) < 4.78 is 12.4. The molecule has 180 valence electrons. The fraction of sp³-hybridized carbons (Fsp3) is 0.417. The Labute approximate surface area is 197 Å². The standard InChI is InChI=1S/C24H27NO5S.2H2O/c1-13-14(2)21-18(15(3)20(13)26)9-10-24(4,30-21)12-29-17-7-5-16(6-8-17)11-19-22(27)25-23(28)31-19;;/h5-8,19,26H,9-12H2,1-4H3,(H,25,27,28);2*1H2. The number of thioether (sulfide) groups is 1. The lowest BCUT2D eigenvalue weighted by Crippen LogP contribution is -2.42. The Hall–Kier alpha value is -2.75. The zero-order valence-corrected chi connectivity index (χ0v) is 20.0. The van der Waals surface area contributed by atoms with Crippen LogP contribution in [0.15, 0.2) is 24.3 Å². The highest BCUT2D eigenvalue weighted by Gasteiger charge is 2.35. The van der Waals surface area contributed by atoms with Gasteiger partial charge in [-0.25, -0.2) is 0 Å². The first-order chi connectivity index (χ1) is 14.7. The molecule has 1 fully saturated rings. The van der Waals surface area contributed by atoms with E-state index in [9.17, 15) is 14.7 Å². The van der Waals surface area contributed by atoms with Crippen molar-refractivity contribution < 1.29 is 35.1 Å². The summed E-state index contributed by atoms with van der Waals surface area (Å²) in [4.78, 5) is 23.0. The fourth-order valence-corrected chi connectivity index (χ4v) is 4.96. The van der Waals surface area contributed by atoms with Crippen molar-refractivity contribution in [1.82, 2.24) is 5.32 Å².